The predicted molar refractivity (Wildman–Crippen MR) is 144 cm³/mol. The Hall–Kier alpha value is -3.78. The van der Waals surface area contributed by atoms with E-state index in [2.05, 4.69) is 10.6 Å². The number of halogens is 5. The van der Waals surface area contributed by atoms with Crippen LogP contribution in [0.5, 0.6) is 0 Å². The fourth-order valence-electron chi connectivity index (χ4n) is 4.19. The number of alkyl halides is 4. The van der Waals surface area contributed by atoms with Crippen molar-refractivity contribution in [3.8, 4) is 0 Å². The SMILES string of the molecule is CCS(=O)(=O)c1ccc([C@H](CO)NC(=O)c2cc3cc(CN/C(=C\C(C)=N)C(F)(F)F)n(CCF)c3cc2F)cc1. The van der Waals surface area contributed by atoms with E-state index < -0.39 is 64.9 Å². The van der Waals surface area contributed by atoms with Gasteiger partial charge < -0.3 is 25.7 Å². The molecule has 0 bridgehead atoms. The van der Waals surface area contributed by atoms with Crippen molar-refractivity contribution in [2.45, 2.75) is 44.1 Å². The Labute approximate surface area is 233 Å². The lowest BCUT2D eigenvalue weighted by Gasteiger charge is -2.18. The molecule has 1 atom stereocenters. The summed E-state index contributed by atoms with van der Waals surface area (Å²) in [7, 11) is -3.47. The standard InChI is InChI=1S/C27H29F5N4O4S/c1-3-41(39,40)20-6-4-17(5-7-20)23(15-37)35-26(38)21-12-18-11-19(36(9-8-28)24(18)13-22(21)29)14-34-25(10-16(2)33)27(30,31)32/h4-7,10-13,23,33-34,37H,3,8-9,14-15H2,1-2H3,(H,35,38)/b25-10-,33-16?/t23-/m0/s1. The molecule has 1 amide bonds. The van der Waals surface area contributed by atoms with Crippen molar-refractivity contribution in [1.82, 2.24) is 15.2 Å². The molecule has 0 aliphatic carbocycles. The number of amides is 1. The molecule has 2 aromatic carbocycles. The van der Waals surface area contributed by atoms with E-state index in [4.69, 9.17) is 5.41 Å². The summed E-state index contributed by atoms with van der Waals surface area (Å²) in [5.41, 5.74) is -1.23. The lowest BCUT2D eigenvalue weighted by atomic mass is 10.1. The van der Waals surface area contributed by atoms with Crippen LogP contribution in [-0.4, -0.2) is 54.9 Å². The maximum absolute atomic E-state index is 15.1. The fourth-order valence-corrected chi connectivity index (χ4v) is 5.07. The van der Waals surface area contributed by atoms with Gasteiger partial charge in [-0.2, -0.15) is 13.2 Å². The molecule has 0 radical (unpaired) electrons. The summed E-state index contributed by atoms with van der Waals surface area (Å²) in [5, 5.41) is 22.1. The van der Waals surface area contributed by atoms with Crippen LogP contribution in [0.25, 0.3) is 10.9 Å². The van der Waals surface area contributed by atoms with Crippen LogP contribution in [0.4, 0.5) is 22.0 Å². The van der Waals surface area contributed by atoms with Gasteiger partial charge in [0, 0.05) is 16.8 Å². The van der Waals surface area contributed by atoms with Crippen molar-refractivity contribution in [3.05, 3.63) is 76.9 Å². The van der Waals surface area contributed by atoms with Gasteiger partial charge >= 0.3 is 6.18 Å². The first-order chi connectivity index (χ1) is 19.2. The minimum atomic E-state index is -4.77. The molecule has 8 nitrogen and oxygen atoms in total. The maximum atomic E-state index is 15.1. The number of allylic oxidation sites excluding steroid dienone is 2. The Balaban J connectivity index is 1.91. The molecule has 4 N–H and O–H groups in total. The van der Waals surface area contributed by atoms with Crippen molar-refractivity contribution in [1.29, 1.82) is 5.41 Å². The number of fused-ring (bicyclic) bond motifs is 1. The number of aliphatic hydroxyl groups is 1. The van der Waals surface area contributed by atoms with Gasteiger partial charge in [0.2, 0.25) is 0 Å². The largest absolute Gasteiger partial charge is 0.430 e. The summed E-state index contributed by atoms with van der Waals surface area (Å²) >= 11 is 0. The molecule has 41 heavy (non-hydrogen) atoms. The molecule has 0 saturated carbocycles. The first-order valence-electron chi connectivity index (χ1n) is 12.4. The third-order valence-electron chi connectivity index (χ3n) is 6.26. The zero-order chi connectivity index (χ0) is 30.5. The second-order valence-electron chi connectivity index (χ2n) is 9.14. The zero-order valence-corrected chi connectivity index (χ0v) is 23.0. The average molecular weight is 601 g/mol. The van der Waals surface area contributed by atoms with Gasteiger partial charge in [-0.15, -0.1) is 0 Å². The molecular formula is C27H29F5N4O4S. The summed E-state index contributed by atoms with van der Waals surface area (Å²) < 4.78 is 93.8. The number of hydrogen-bond acceptors (Lipinski definition) is 6. The van der Waals surface area contributed by atoms with E-state index in [0.29, 0.717) is 11.6 Å². The molecule has 0 saturated heterocycles. The number of hydrogen-bond donors (Lipinski definition) is 4. The molecule has 222 valence electrons. The van der Waals surface area contributed by atoms with Crippen LogP contribution in [0.15, 0.2) is 59.1 Å². The summed E-state index contributed by atoms with van der Waals surface area (Å²) in [6.07, 6.45) is -4.16. The minimum absolute atomic E-state index is 0.0668. The van der Waals surface area contributed by atoms with Gasteiger partial charge in [-0.1, -0.05) is 19.1 Å². The first kappa shape index (κ1) is 31.7. The van der Waals surface area contributed by atoms with E-state index in [1.807, 2.05) is 0 Å². The van der Waals surface area contributed by atoms with Gasteiger partial charge in [-0.3, -0.25) is 4.79 Å². The molecule has 0 aliphatic heterocycles. The topological polar surface area (TPSA) is 124 Å². The van der Waals surface area contributed by atoms with Crippen molar-refractivity contribution < 1.29 is 40.3 Å². The molecule has 3 aromatic rings. The van der Waals surface area contributed by atoms with Gasteiger partial charge in [-0.25, -0.2) is 17.2 Å². The van der Waals surface area contributed by atoms with Crippen molar-refractivity contribution >= 4 is 32.4 Å². The molecule has 1 aromatic heterocycles. The highest BCUT2D eigenvalue weighted by molar-refractivity contribution is 7.91. The number of sulfone groups is 1. The summed E-state index contributed by atoms with van der Waals surface area (Å²) in [6.45, 7) is 0.493. The smallest absolute Gasteiger partial charge is 0.394 e. The van der Waals surface area contributed by atoms with Crippen LogP contribution in [0.3, 0.4) is 0 Å². The second-order valence-corrected chi connectivity index (χ2v) is 11.4. The maximum Gasteiger partial charge on any atom is 0.430 e. The Kier molecular flexibility index (Phi) is 9.92. The molecule has 0 aliphatic rings. The highest BCUT2D eigenvalue weighted by Crippen LogP contribution is 2.27. The van der Waals surface area contributed by atoms with Crippen LogP contribution in [-0.2, 0) is 22.9 Å². The van der Waals surface area contributed by atoms with Gasteiger partial charge in [0.25, 0.3) is 5.91 Å². The van der Waals surface area contributed by atoms with E-state index >= 15 is 4.39 Å². The van der Waals surface area contributed by atoms with E-state index in [1.165, 1.54) is 54.8 Å². The van der Waals surface area contributed by atoms with Crippen LogP contribution >= 0.6 is 0 Å². The monoisotopic (exact) mass is 600 g/mol. The highest BCUT2D eigenvalue weighted by Gasteiger charge is 2.34. The molecule has 14 heteroatoms. The Morgan fingerprint density at radius 3 is 2.37 bits per heavy atom. The zero-order valence-electron chi connectivity index (χ0n) is 22.1. The lowest BCUT2D eigenvalue weighted by molar-refractivity contribution is -0.0968. The van der Waals surface area contributed by atoms with E-state index in [-0.39, 0.29) is 39.5 Å². The Morgan fingerprint density at radius 1 is 1.17 bits per heavy atom. The van der Waals surface area contributed by atoms with Crippen LogP contribution < -0.4 is 10.6 Å². The molecule has 3 rings (SSSR count). The number of aromatic nitrogens is 1. The number of aryl methyl sites for hydroxylation is 1. The molecule has 0 spiro atoms. The second kappa shape index (κ2) is 12.8. The van der Waals surface area contributed by atoms with Crippen LogP contribution in [0.1, 0.15) is 41.5 Å². The van der Waals surface area contributed by atoms with Gasteiger partial charge in [0.05, 0.1) is 47.5 Å². The number of nitrogens with zero attached hydrogens (tertiary/aromatic N) is 1. The van der Waals surface area contributed by atoms with Crippen LogP contribution in [0, 0.1) is 11.2 Å². The quantitative estimate of drug-likeness (QED) is 0.179. The molecule has 1 heterocycles. The average Bonchev–Trinajstić information content (AvgIpc) is 3.24. The molecule has 0 unspecified atom stereocenters. The Bertz CT molecular complexity index is 1560. The van der Waals surface area contributed by atoms with Crippen molar-refractivity contribution in [2.24, 2.45) is 0 Å². The minimum Gasteiger partial charge on any atom is -0.394 e. The summed E-state index contributed by atoms with van der Waals surface area (Å²) in [5.74, 6) is -2.00. The van der Waals surface area contributed by atoms with E-state index in [9.17, 15) is 35.9 Å². The number of benzene rings is 2. The lowest BCUT2D eigenvalue weighted by Crippen LogP contribution is -2.31. The number of aliphatic hydroxyl groups excluding tert-OH is 1. The Morgan fingerprint density at radius 2 is 1.83 bits per heavy atom. The van der Waals surface area contributed by atoms with Gasteiger partial charge in [0.1, 0.15) is 18.2 Å². The summed E-state index contributed by atoms with van der Waals surface area (Å²) in [4.78, 5) is 13.0. The number of carbonyl (C=O) groups excluding carboxylic acids is 1. The number of carbonyl (C=O) groups is 1. The fraction of sp³-hybridized carbons (Fsp3) is 0.333. The molecular weight excluding hydrogens is 571 g/mol. The van der Waals surface area contributed by atoms with Gasteiger partial charge in [0.15, 0.2) is 9.84 Å². The van der Waals surface area contributed by atoms with E-state index in [0.717, 1.165) is 6.07 Å². The first-order valence-corrected chi connectivity index (χ1v) is 14.1. The normalized spacial score (nSPS) is 13.3. The number of nitrogens with one attached hydrogen (secondary N) is 3. The van der Waals surface area contributed by atoms with Crippen molar-refractivity contribution in [3.63, 3.8) is 0 Å². The van der Waals surface area contributed by atoms with Crippen molar-refractivity contribution in [2.75, 3.05) is 19.0 Å². The number of rotatable bonds is 12. The predicted octanol–water partition coefficient (Wildman–Crippen LogP) is 4.58. The third kappa shape index (κ3) is 7.50. The highest BCUT2D eigenvalue weighted by atomic mass is 32.2. The summed E-state index contributed by atoms with van der Waals surface area (Å²) in [6, 6.07) is 8.05. The van der Waals surface area contributed by atoms with Gasteiger partial charge in [-0.05, 0) is 48.9 Å². The van der Waals surface area contributed by atoms with E-state index in [1.54, 1.807) is 0 Å². The van der Waals surface area contributed by atoms with Crippen LogP contribution in [0.2, 0.25) is 0 Å². The molecule has 0 fully saturated rings. The third-order valence-corrected chi connectivity index (χ3v) is 8.01.